The van der Waals surface area contributed by atoms with E-state index in [1.54, 1.807) is 18.2 Å². The Hall–Kier alpha value is -2.42. The molecule has 2 atom stereocenters. The molecule has 1 heterocycles. The van der Waals surface area contributed by atoms with Gasteiger partial charge in [0.1, 0.15) is 12.4 Å². The lowest BCUT2D eigenvalue weighted by Gasteiger charge is -2.25. The highest BCUT2D eigenvalue weighted by Crippen LogP contribution is 2.24. The van der Waals surface area contributed by atoms with Crippen LogP contribution in [0.3, 0.4) is 0 Å². The van der Waals surface area contributed by atoms with Crippen molar-refractivity contribution in [1.82, 2.24) is 5.32 Å². The molecule has 0 spiro atoms. The quantitative estimate of drug-likeness (QED) is 0.362. The molecule has 0 radical (unpaired) electrons. The molecule has 1 fully saturated rings. The number of nitrogens with one attached hydrogen (secondary N) is 1. The van der Waals surface area contributed by atoms with Gasteiger partial charge < -0.3 is 29.4 Å². The van der Waals surface area contributed by atoms with E-state index < -0.39 is 5.97 Å². The van der Waals surface area contributed by atoms with E-state index >= 15 is 0 Å². The monoisotopic (exact) mass is 435 g/mol. The lowest BCUT2D eigenvalue weighted by molar-refractivity contribution is -0.130. The van der Waals surface area contributed by atoms with Crippen molar-refractivity contribution in [2.75, 3.05) is 46.2 Å². The van der Waals surface area contributed by atoms with Crippen LogP contribution in [0.5, 0.6) is 5.75 Å². The second-order valence-corrected chi connectivity index (χ2v) is 7.61. The van der Waals surface area contributed by atoms with Crippen molar-refractivity contribution >= 4 is 11.9 Å². The Morgan fingerprint density at radius 1 is 1.26 bits per heavy atom. The Morgan fingerprint density at radius 3 is 2.58 bits per heavy atom. The van der Waals surface area contributed by atoms with Crippen LogP contribution in [-0.2, 0) is 19.0 Å². The zero-order valence-electron chi connectivity index (χ0n) is 18.4. The zero-order valence-corrected chi connectivity index (χ0v) is 18.4. The fourth-order valence-electron chi connectivity index (χ4n) is 3.42. The fraction of sp³-hybridized carbons (Fsp3) is 0.565. The van der Waals surface area contributed by atoms with Crippen LogP contribution in [0, 0.1) is 19.8 Å². The molecule has 1 aromatic rings. The molecule has 1 amide bonds. The van der Waals surface area contributed by atoms with Crippen LogP contribution in [0.25, 0.3) is 0 Å². The maximum absolute atomic E-state index is 12.5. The third-order valence-electron chi connectivity index (χ3n) is 4.93. The Bertz CT molecular complexity index is 720. The Kier molecular flexibility index (Phi) is 10.5. The first kappa shape index (κ1) is 24.8. The predicted octanol–water partition coefficient (Wildman–Crippen LogP) is 2.51. The Morgan fingerprint density at radius 2 is 1.97 bits per heavy atom. The number of hydrogen-bond acceptors (Lipinski definition) is 6. The van der Waals surface area contributed by atoms with Gasteiger partial charge in [0, 0.05) is 6.61 Å². The summed E-state index contributed by atoms with van der Waals surface area (Å²) in [7, 11) is 0. The predicted molar refractivity (Wildman–Crippen MR) is 116 cm³/mol. The number of amides is 1. The van der Waals surface area contributed by atoms with Crippen LogP contribution in [0.4, 0.5) is 0 Å². The maximum atomic E-state index is 12.5. The molecule has 8 heteroatoms. The van der Waals surface area contributed by atoms with E-state index in [0.29, 0.717) is 45.4 Å². The van der Waals surface area contributed by atoms with Crippen molar-refractivity contribution in [1.29, 1.82) is 0 Å². The van der Waals surface area contributed by atoms with Gasteiger partial charge in [-0.2, -0.15) is 0 Å². The van der Waals surface area contributed by atoms with Gasteiger partial charge in [-0.1, -0.05) is 6.08 Å². The van der Waals surface area contributed by atoms with Gasteiger partial charge in [0.15, 0.2) is 0 Å². The molecule has 1 saturated heterocycles. The molecule has 0 saturated carbocycles. The summed E-state index contributed by atoms with van der Waals surface area (Å²) >= 11 is 0. The van der Waals surface area contributed by atoms with E-state index in [9.17, 15) is 9.59 Å². The number of hydrogen-bond donors (Lipinski definition) is 2. The molecule has 8 nitrogen and oxygen atoms in total. The van der Waals surface area contributed by atoms with Crippen molar-refractivity contribution in [3.05, 3.63) is 41.5 Å². The van der Waals surface area contributed by atoms with Crippen LogP contribution >= 0.6 is 0 Å². The van der Waals surface area contributed by atoms with E-state index in [2.05, 4.69) is 11.9 Å². The highest BCUT2D eigenvalue weighted by atomic mass is 16.5. The molecule has 1 unspecified atom stereocenters. The van der Waals surface area contributed by atoms with E-state index in [4.69, 9.17) is 24.1 Å². The first-order chi connectivity index (χ1) is 14.9. The third-order valence-corrected chi connectivity index (χ3v) is 4.93. The van der Waals surface area contributed by atoms with E-state index in [1.807, 2.05) is 13.8 Å². The first-order valence-corrected chi connectivity index (χ1v) is 10.5. The van der Waals surface area contributed by atoms with Crippen LogP contribution < -0.4 is 10.1 Å². The van der Waals surface area contributed by atoms with Gasteiger partial charge in [-0.25, -0.2) is 4.79 Å². The van der Waals surface area contributed by atoms with Gasteiger partial charge in [-0.15, -0.1) is 6.58 Å². The van der Waals surface area contributed by atoms with Crippen molar-refractivity contribution in [3.8, 4) is 5.75 Å². The number of aromatic carboxylic acids is 1. The average Bonchev–Trinajstić information content (AvgIpc) is 2.75. The first-order valence-electron chi connectivity index (χ1n) is 10.5. The Balaban J connectivity index is 1.79. The smallest absolute Gasteiger partial charge is 0.335 e. The molecular weight excluding hydrogens is 402 g/mol. The molecule has 0 aromatic heterocycles. The molecule has 1 aromatic carbocycles. The van der Waals surface area contributed by atoms with E-state index in [1.165, 1.54) is 0 Å². The van der Waals surface area contributed by atoms with Crippen LogP contribution in [0.15, 0.2) is 24.8 Å². The number of benzene rings is 1. The minimum absolute atomic E-state index is 0.0449. The summed E-state index contributed by atoms with van der Waals surface area (Å²) in [6.07, 6.45) is 3.36. The second kappa shape index (κ2) is 13.1. The highest BCUT2D eigenvalue weighted by Gasteiger charge is 2.24. The van der Waals surface area contributed by atoms with Gasteiger partial charge in [0.05, 0.1) is 50.6 Å². The maximum Gasteiger partial charge on any atom is 0.335 e. The lowest BCUT2D eigenvalue weighted by Crippen LogP contribution is -2.46. The van der Waals surface area contributed by atoms with Gasteiger partial charge in [0.2, 0.25) is 5.91 Å². The van der Waals surface area contributed by atoms with Crippen LogP contribution in [0.1, 0.15) is 34.3 Å². The van der Waals surface area contributed by atoms with Gasteiger partial charge in [-0.05, 0) is 49.9 Å². The molecule has 1 aliphatic heterocycles. The average molecular weight is 436 g/mol. The van der Waals surface area contributed by atoms with Crippen molar-refractivity contribution in [3.63, 3.8) is 0 Å². The van der Waals surface area contributed by atoms with Gasteiger partial charge in [-0.3, -0.25) is 4.79 Å². The number of ether oxygens (including phenoxy) is 4. The van der Waals surface area contributed by atoms with Gasteiger partial charge in [0.25, 0.3) is 0 Å². The number of rotatable bonds is 13. The Labute approximate surface area is 183 Å². The summed E-state index contributed by atoms with van der Waals surface area (Å²) < 4.78 is 22.4. The topological polar surface area (TPSA) is 103 Å². The number of carbonyl (C=O) groups is 2. The second-order valence-electron chi connectivity index (χ2n) is 7.61. The van der Waals surface area contributed by atoms with Crippen LogP contribution in [-0.4, -0.2) is 69.3 Å². The number of carbonyl (C=O) groups excluding carboxylic acids is 1. The molecule has 0 bridgehead atoms. The molecule has 2 N–H and O–H groups in total. The molecular formula is C23H33NO7. The zero-order chi connectivity index (χ0) is 22.6. The summed E-state index contributed by atoms with van der Waals surface area (Å²) in [5, 5.41) is 12.1. The molecule has 0 aliphatic carbocycles. The molecule has 1 aliphatic rings. The standard InChI is InChI=1S/C23H33NO7/c1-4-7-28-14-20(24-22(25)18-6-5-8-29-13-18)15-30-9-10-31-21-16(2)11-19(23(26)27)12-17(21)3/h4,11-12,18,20H,1,5-10,13-15H2,2-3H3,(H,24,25)(H,26,27)/t18?,20-/m1/s1. The normalized spacial score (nSPS) is 17.0. The van der Waals surface area contributed by atoms with Crippen molar-refractivity contribution in [2.45, 2.75) is 32.7 Å². The molecule has 2 rings (SSSR count). The van der Waals surface area contributed by atoms with Crippen molar-refractivity contribution < 1.29 is 33.6 Å². The SMILES string of the molecule is C=CCOC[C@H](COCCOc1c(C)cc(C(=O)O)cc1C)NC(=O)C1CCCOC1. The summed E-state index contributed by atoms with van der Waals surface area (Å²) in [4.78, 5) is 23.6. The summed E-state index contributed by atoms with van der Waals surface area (Å²) in [6, 6.07) is 2.89. The van der Waals surface area contributed by atoms with Crippen LogP contribution in [0.2, 0.25) is 0 Å². The van der Waals surface area contributed by atoms with E-state index in [0.717, 1.165) is 24.0 Å². The number of carboxylic acids is 1. The number of carboxylic acid groups (broad SMARTS) is 1. The minimum atomic E-state index is -0.965. The largest absolute Gasteiger partial charge is 0.491 e. The minimum Gasteiger partial charge on any atom is -0.491 e. The number of aryl methyl sites for hydroxylation is 2. The summed E-state index contributed by atoms with van der Waals surface area (Å²) in [6.45, 7) is 10.0. The molecule has 31 heavy (non-hydrogen) atoms. The van der Waals surface area contributed by atoms with Gasteiger partial charge >= 0.3 is 5.97 Å². The van der Waals surface area contributed by atoms with Crippen molar-refractivity contribution in [2.24, 2.45) is 5.92 Å². The molecule has 172 valence electrons. The fourth-order valence-corrected chi connectivity index (χ4v) is 3.42. The summed E-state index contributed by atoms with van der Waals surface area (Å²) in [5.74, 6) is -0.493. The highest BCUT2D eigenvalue weighted by molar-refractivity contribution is 5.88. The third kappa shape index (κ3) is 8.32. The lowest BCUT2D eigenvalue weighted by atomic mass is 10.0. The van der Waals surface area contributed by atoms with E-state index in [-0.39, 0.29) is 30.0 Å². The summed E-state index contributed by atoms with van der Waals surface area (Å²) in [5.41, 5.74) is 1.75.